The fraction of sp³-hybridized carbons (Fsp3) is 0.467. The number of aryl methyl sites for hydroxylation is 1. The minimum atomic E-state index is -0.359. The van der Waals surface area contributed by atoms with Crippen LogP contribution in [-0.4, -0.2) is 21.1 Å². The van der Waals surface area contributed by atoms with Crippen LogP contribution in [0.15, 0.2) is 16.9 Å². The molecule has 2 aromatic heterocycles. The van der Waals surface area contributed by atoms with Crippen LogP contribution in [0.3, 0.4) is 0 Å². The molecule has 6 nitrogen and oxygen atoms in total. The summed E-state index contributed by atoms with van der Waals surface area (Å²) in [5.74, 6) is 0.999. The van der Waals surface area contributed by atoms with E-state index in [1.165, 1.54) is 28.3 Å². The van der Waals surface area contributed by atoms with Crippen molar-refractivity contribution in [3.05, 3.63) is 38.8 Å². The lowest BCUT2D eigenvalue weighted by molar-refractivity contribution is 0.102. The van der Waals surface area contributed by atoms with Crippen LogP contribution in [0.25, 0.3) is 0 Å². The van der Waals surface area contributed by atoms with Crippen LogP contribution in [0.5, 0.6) is 0 Å². The number of amides is 1. The van der Waals surface area contributed by atoms with Gasteiger partial charge in [-0.25, -0.2) is 10.1 Å². The second kappa shape index (κ2) is 6.00. The van der Waals surface area contributed by atoms with Crippen molar-refractivity contribution in [2.45, 2.75) is 33.1 Å². The molecule has 0 aliphatic heterocycles. The van der Waals surface area contributed by atoms with E-state index in [4.69, 9.17) is 0 Å². The molecule has 1 aliphatic rings. The van der Waals surface area contributed by atoms with E-state index in [1.54, 1.807) is 0 Å². The van der Waals surface area contributed by atoms with E-state index in [0.29, 0.717) is 17.0 Å². The van der Waals surface area contributed by atoms with Crippen molar-refractivity contribution >= 4 is 22.4 Å². The molecule has 22 heavy (non-hydrogen) atoms. The van der Waals surface area contributed by atoms with Crippen molar-refractivity contribution in [2.24, 2.45) is 11.8 Å². The van der Waals surface area contributed by atoms with Gasteiger partial charge in [0.25, 0.3) is 11.5 Å². The topological polar surface area (TPSA) is 87.7 Å². The lowest BCUT2D eigenvalue weighted by atomic mass is 9.83. The molecule has 1 unspecified atom stereocenters. The van der Waals surface area contributed by atoms with E-state index in [1.807, 2.05) is 0 Å². The Morgan fingerprint density at radius 3 is 2.95 bits per heavy atom. The van der Waals surface area contributed by atoms with Crippen molar-refractivity contribution in [3.8, 4) is 0 Å². The highest BCUT2D eigenvalue weighted by molar-refractivity contribution is 7.15. The first-order valence-electron chi connectivity index (χ1n) is 7.38. The number of fused-ring (bicyclic) bond motifs is 1. The molecule has 0 fully saturated rings. The molecule has 0 aromatic carbocycles. The lowest BCUT2D eigenvalue weighted by Crippen LogP contribution is -2.18. The van der Waals surface area contributed by atoms with Gasteiger partial charge in [0.1, 0.15) is 5.69 Å². The van der Waals surface area contributed by atoms with Gasteiger partial charge >= 0.3 is 0 Å². The molecular weight excluding hydrogens is 300 g/mol. The number of hydrogen-bond acceptors (Lipinski definition) is 5. The molecule has 1 atom stereocenters. The third kappa shape index (κ3) is 3.09. The number of rotatable bonds is 3. The maximum absolute atomic E-state index is 12.1. The van der Waals surface area contributed by atoms with E-state index >= 15 is 0 Å². The molecule has 0 spiro atoms. The van der Waals surface area contributed by atoms with Crippen molar-refractivity contribution < 1.29 is 4.79 Å². The number of aromatic amines is 1. The number of nitrogens with zero attached hydrogens (tertiary/aromatic N) is 2. The minimum absolute atomic E-state index is 0.174. The average molecular weight is 318 g/mol. The van der Waals surface area contributed by atoms with E-state index in [2.05, 4.69) is 34.3 Å². The molecule has 0 saturated carbocycles. The number of hydrogen-bond donors (Lipinski definition) is 2. The zero-order chi connectivity index (χ0) is 15.7. The molecule has 2 N–H and O–H groups in total. The number of thiazole rings is 1. The normalized spacial score (nSPS) is 17.3. The molecule has 0 radical (unpaired) electrons. The average Bonchev–Trinajstić information content (AvgIpc) is 2.88. The van der Waals surface area contributed by atoms with E-state index in [-0.39, 0.29) is 17.2 Å². The third-order valence-corrected chi connectivity index (χ3v) is 5.09. The second-order valence-electron chi connectivity index (χ2n) is 5.90. The highest BCUT2D eigenvalue weighted by Gasteiger charge is 2.25. The van der Waals surface area contributed by atoms with Crippen LogP contribution in [0.4, 0.5) is 5.13 Å². The fourth-order valence-electron chi connectivity index (χ4n) is 2.66. The first-order chi connectivity index (χ1) is 10.5. The molecule has 0 bridgehead atoms. The van der Waals surface area contributed by atoms with Crippen LogP contribution in [-0.2, 0) is 12.8 Å². The summed E-state index contributed by atoms with van der Waals surface area (Å²) in [6.45, 7) is 4.50. The Morgan fingerprint density at radius 2 is 2.27 bits per heavy atom. The standard InChI is InChI=1S/C15H18N4O2S/c1-8(2)9-3-4-10-12(7-9)22-15(16-10)17-14(21)11-5-6-13(20)19-18-11/h5-6,8-9H,3-4,7H2,1-2H3,(H,19,20)(H,16,17,21). The van der Waals surface area contributed by atoms with Gasteiger partial charge in [-0.2, -0.15) is 5.10 Å². The first-order valence-corrected chi connectivity index (χ1v) is 8.20. The summed E-state index contributed by atoms with van der Waals surface area (Å²) in [5.41, 5.74) is 0.945. The zero-order valence-corrected chi connectivity index (χ0v) is 13.4. The Kier molecular flexibility index (Phi) is 4.06. The fourth-order valence-corrected chi connectivity index (χ4v) is 3.75. The Hall–Kier alpha value is -2.02. The number of aromatic nitrogens is 3. The number of carbonyl (C=O) groups is 1. The maximum atomic E-state index is 12.1. The quantitative estimate of drug-likeness (QED) is 0.908. The Morgan fingerprint density at radius 1 is 1.45 bits per heavy atom. The highest BCUT2D eigenvalue weighted by Crippen LogP contribution is 2.35. The maximum Gasteiger partial charge on any atom is 0.277 e. The van der Waals surface area contributed by atoms with E-state index in [0.717, 1.165) is 25.0 Å². The smallest absolute Gasteiger partial charge is 0.277 e. The summed E-state index contributed by atoms with van der Waals surface area (Å²) in [5, 5.41) is 9.34. The van der Waals surface area contributed by atoms with Crippen molar-refractivity contribution in [3.63, 3.8) is 0 Å². The van der Waals surface area contributed by atoms with Crippen molar-refractivity contribution in [2.75, 3.05) is 5.32 Å². The monoisotopic (exact) mass is 318 g/mol. The number of H-pyrrole nitrogens is 1. The van der Waals surface area contributed by atoms with Crippen LogP contribution in [0.1, 0.15) is 41.3 Å². The van der Waals surface area contributed by atoms with Crippen molar-refractivity contribution in [1.29, 1.82) is 0 Å². The predicted molar refractivity (Wildman–Crippen MR) is 85.3 cm³/mol. The summed E-state index contributed by atoms with van der Waals surface area (Å²) in [6.07, 6.45) is 3.17. The molecule has 7 heteroatoms. The first kappa shape index (κ1) is 14.9. The van der Waals surface area contributed by atoms with Gasteiger partial charge in [0.15, 0.2) is 5.13 Å². The summed E-state index contributed by atoms with van der Waals surface area (Å²) < 4.78 is 0. The Balaban J connectivity index is 1.73. The summed E-state index contributed by atoms with van der Waals surface area (Å²) in [6, 6.07) is 2.68. The summed E-state index contributed by atoms with van der Waals surface area (Å²) in [7, 11) is 0. The number of anilines is 1. The molecular formula is C15H18N4O2S. The molecule has 2 heterocycles. The molecule has 0 saturated heterocycles. The van der Waals surface area contributed by atoms with Gasteiger partial charge in [-0.05, 0) is 37.2 Å². The summed E-state index contributed by atoms with van der Waals surface area (Å²) >= 11 is 1.54. The third-order valence-electron chi connectivity index (χ3n) is 4.05. The van der Waals surface area contributed by atoms with E-state index < -0.39 is 0 Å². The zero-order valence-electron chi connectivity index (χ0n) is 12.5. The van der Waals surface area contributed by atoms with Crippen LogP contribution in [0, 0.1) is 11.8 Å². The van der Waals surface area contributed by atoms with Gasteiger partial charge in [-0.15, -0.1) is 11.3 Å². The van der Waals surface area contributed by atoms with Gasteiger partial charge in [0, 0.05) is 10.9 Å². The predicted octanol–water partition coefficient (Wildman–Crippen LogP) is 2.24. The van der Waals surface area contributed by atoms with Crippen LogP contribution < -0.4 is 10.9 Å². The molecule has 1 aliphatic carbocycles. The largest absolute Gasteiger partial charge is 0.296 e. The molecule has 2 aromatic rings. The number of carbonyl (C=O) groups excluding carboxylic acids is 1. The van der Waals surface area contributed by atoms with Gasteiger partial charge in [-0.1, -0.05) is 13.8 Å². The summed E-state index contributed by atoms with van der Waals surface area (Å²) in [4.78, 5) is 28.8. The SMILES string of the molecule is CC(C)C1CCc2nc(NC(=O)c3ccc(=O)[nH]n3)sc2C1. The molecule has 3 rings (SSSR count). The highest BCUT2D eigenvalue weighted by atomic mass is 32.1. The van der Waals surface area contributed by atoms with Gasteiger partial charge < -0.3 is 0 Å². The minimum Gasteiger partial charge on any atom is -0.296 e. The van der Waals surface area contributed by atoms with E-state index in [9.17, 15) is 9.59 Å². The van der Waals surface area contributed by atoms with Crippen molar-refractivity contribution in [1.82, 2.24) is 15.2 Å². The van der Waals surface area contributed by atoms with Gasteiger partial charge in [-0.3, -0.25) is 14.9 Å². The Bertz CT molecular complexity index is 730. The van der Waals surface area contributed by atoms with Crippen LogP contribution in [0.2, 0.25) is 0 Å². The van der Waals surface area contributed by atoms with Gasteiger partial charge in [0.2, 0.25) is 0 Å². The molecule has 116 valence electrons. The Labute approximate surface area is 132 Å². The molecule has 1 amide bonds. The van der Waals surface area contributed by atoms with Crippen LogP contribution >= 0.6 is 11.3 Å². The van der Waals surface area contributed by atoms with Gasteiger partial charge in [0.05, 0.1) is 5.69 Å². The second-order valence-corrected chi connectivity index (χ2v) is 6.98. The number of nitrogens with one attached hydrogen (secondary N) is 2. The lowest BCUT2D eigenvalue weighted by Gasteiger charge is -2.24.